The largest absolute Gasteiger partial charge is 0.469 e. The van der Waals surface area contributed by atoms with Crippen LogP contribution in [-0.2, 0) is 19.0 Å². The molecule has 0 aliphatic carbocycles. The van der Waals surface area contributed by atoms with Gasteiger partial charge in [-0.05, 0) is 31.1 Å². The molecule has 7 nitrogen and oxygen atoms in total. The van der Waals surface area contributed by atoms with E-state index in [1.165, 1.54) is 7.11 Å². The molecule has 1 N–H and O–H groups in total. The van der Waals surface area contributed by atoms with Gasteiger partial charge in [-0.25, -0.2) is 0 Å². The fourth-order valence-electron chi connectivity index (χ4n) is 3.47. The highest BCUT2D eigenvalue weighted by atomic mass is 127. The second kappa shape index (κ2) is 12.7. The van der Waals surface area contributed by atoms with Crippen LogP contribution in [0, 0.1) is 17.8 Å². The zero-order chi connectivity index (χ0) is 18.1. The summed E-state index contributed by atoms with van der Waals surface area (Å²) in [5.74, 6) is 1.56. The molecule has 2 heterocycles. The fraction of sp³-hybridized carbons (Fsp3) is 0.889. The number of hydrogen-bond donors (Lipinski definition) is 1. The predicted molar refractivity (Wildman–Crippen MR) is 112 cm³/mol. The molecule has 0 saturated carbocycles. The number of methoxy groups -OCH3 is 1. The minimum Gasteiger partial charge on any atom is -0.469 e. The third-order valence-electron chi connectivity index (χ3n) is 5.07. The number of carbonyl (C=O) groups is 1. The van der Waals surface area contributed by atoms with Crippen LogP contribution in [0.5, 0.6) is 0 Å². The van der Waals surface area contributed by atoms with Crippen molar-refractivity contribution in [1.29, 1.82) is 0 Å². The first-order valence-corrected chi connectivity index (χ1v) is 9.34. The van der Waals surface area contributed by atoms with Gasteiger partial charge in [0, 0.05) is 53.1 Å². The number of nitrogens with zero attached hydrogens (tertiary/aromatic N) is 2. The maximum absolute atomic E-state index is 11.8. The first-order chi connectivity index (χ1) is 12.2. The van der Waals surface area contributed by atoms with E-state index in [4.69, 9.17) is 14.2 Å². The first kappa shape index (κ1) is 23.4. The van der Waals surface area contributed by atoms with Crippen LogP contribution in [0.3, 0.4) is 0 Å². The van der Waals surface area contributed by atoms with Crippen molar-refractivity contribution in [3.05, 3.63) is 0 Å². The highest BCUT2D eigenvalue weighted by Crippen LogP contribution is 2.24. The molecule has 2 unspecified atom stereocenters. The van der Waals surface area contributed by atoms with Gasteiger partial charge in [-0.2, -0.15) is 0 Å². The summed E-state index contributed by atoms with van der Waals surface area (Å²) in [6.07, 6.45) is 3.16. The van der Waals surface area contributed by atoms with E-state index in [-0.39, 0.29) is 41.8 Å². The van der Waals surface area contributed by atoms with Gasteiger partial charge in [0.15, 0.2) is 5.96 Å². The van der Waals surface area contributed by atoms with E-state index in [0.29, 0.717) is 12.5 Å². The maximum atomic E-state index is 11.8. The van der Waals surface area contributed by atoms with Gasteiger partial charge in [-0.1, -0.05) is 6.92 Å². The van der Waals surface area contributed by atoms with Crippen LogP contribution >= 0.6 is 24.0 Å². The molecule has 2 aliphatic heterocycles. The van der Waals surface area contributed by atoms with E-state index in [0.717, 1.165) is 64.7 Å². The van der Waals surface area contributed by atoms with E-state index in [2.05, 4.69) is 22.1 Å². The van der Waals surface area contributed by atoms with E-state index in [1.54, 1.807) is 7.05 Å². The van der Waals surface area contributed by atoms with Crippen molar-refractivity contribution < 1.29 is 19.0 Å². The Kier molecular flexibility index (Phi) is 11.5. The quantitative estimate of drug-likeness (QED) is 0.196. The Morgan fingerprint density at radius 3 is 2.69 bits per heavy atom. The average molecular weight is 483 g/mol. The molecular formula is C18H34IN3O4. The Hall–Kier alpha value is -0.610. The number of esters is 1. The van der Waals surface area contributed by atoms with Crippen LogP contribution in [0.25, 0.3) is 0 Å². The van der Waals surface area contributed by atoms with Crippen molar-refractivity contribution >= 4 is 35.9 Å². The highest BCUT2D eigenvalue weighted by molar-refractivity contribution is 14.0. The number of aliphatic imine (C=N–C) groups is 1. The van der Waals surface area contributed by atoms with Gasteiger partial charge in [-0.3, -0.25) is 9.79 Å². The lowest BCUT2D eigenvalue weighted by Crippen LogP contribution is -2.41. The number of hydrogen-bond acceptors (Lipinski definition) is 5. The van der Waals surface area contributed by atoms with Crippen LogP contribution in [0.15, 0.2) is 4.99 Å². The summed E-state index contributed by atoms with van der Waals surface area (Å²) in [4.78, 5) is 18.3. The maximum Gasteiger partial charge on any atom is 0.310 e. The van der Waals surface area contributed by atoms with Gasteiger partial charge in [0.2, 0.25) is 0 Å². The molecule has 0 aromatic rings. The number of halogens is 1. The summed E-state index contributed by atoms with van der Waals surface area (Å²) >= 11 is 0. The molecule has 8 heteroatoms. The van der Waals surface area contributed by atoms with Crippen molar-refractivity contribution in [2.75, 3.05) is 60.2 Å². The molecule has 2 atom stereocenters. The van der Waals surface area contributed by atoms with Crippen molar-refractivity contribution in [2.24, 2.45) is 22.7 Å². The van der Waals surface area contributed by atoms with Crippen molar-refractivity contribution in [1.82, 2.24) is 10.2 Å². The molecule has 0 bridgehead atoms. The Morgan fingerprint density at radius 1 is 1.31 bits per heavy atom. The summed E-state index contributed by atoms with van der Waals surface area (Å²) in [6, 6.07) is 0. The lowest BCUT2D eigenvalue weighted by Gasteiger charge is -2.22. The van der Waals surface area contributed by atoms with Crippen LogP contribution < -0.4 is 5.32 Å². The Bertz CT molecular complexity index is 444. The monoisotopic (exact) mass is 483 g/mol. The SMILES string of the molecule is CN=C(NCCCOCC1CCOCC1)N1CC(C)C(C(=O)OC)C1.I. The number of carbonyl (C=O) groups excluding carboxylic acids is 1. The topological polar surface area (TPSA) is 72.4 Å². The normalized spacial score (nSPS) is 24.3. The molecule has 0 radical (unpaired) electrons. The second-order valence-electron chi connectivity index (χ2n) is 6.97. The standard InChI is InChI=1S/C18H33N3O4.HI/c1-14-11-21(12-16(14)17(22)23-3)18(19-2)20-7-4-8-25-13-15-5-9-24-10-6-15;/h14-16H,4-13H2,1-3H3,(H,19,20);1H. The molecule has 2 aliphatic rings. The third kappa shape index (κ3) is 7.19. The molecule has 0 amide bonds. The van der Waals surface area contributed by atoms with Gasteiger partial charge in [0.05, 0.1) is 13.0 Å². The predicted octanol–water partition coefficient (Wildman–Crippen LogP) is 1.75. The van der Waals surface area contributed by atoms with E-state index < -0.39 is 0 Å². The highest BCUT2D eigenvalue weighted by Gasteiger charge is 2.36. The number of ether oxygens (including phenoxy) is 3. The Labute approximate surface area is 174 Å². The molecular weight excluding hydrogens is 449 g/mol. The van der Waals surface area contributed by atoms with Gasteiger partial charge in [0.1, 0.15) is 0 Å². The third-order valence-corrected chi connectivity index (χ3v) is 5.07. The number of rotatable bonds is 7. The molecule has 2 saturated heterocycles. The molecule has 0 spiro atoms. The van der Waals surface area contributed by atoms with Crippen LogP contribution in [0.1, 0.15) is 26.2 Å². The zero-order valence-corrected chi connectivity index (χ0v) is 18.6. The Morgan fingerprint density at radius 2 is 2.04 bits per heavy atom. The Balaban J connectivity index is 0.00000338. The van der Waals surface area contributed by atoms with Gasteiger partial charge in [0.25, 0.3) is 0 Å². The summed E-state index contributed by atoms with van der Waals surface area (Å²) in [6.45, 7) is 7.70. The van der Waals surface area contributed by atoms with Gasteiger partial charge < -0.3 is 24.4 Å². The van der Waals surface area contributed by atoms with Crippen LogP contribution in [-0.4, -0.2) is 77.0 Å². The number of guanidine groups is 1. The molecule has 26 heavy (non-hydrogen) atoms. The minimum atomic E-state index is -0.132. The van der Waals surface area contributed by atoms with Gasteiger partial charge in [-0.15, -0.1) is 24.0 Å². The molecule has 0 aromatic carbocycles. The van der Waals surface area contributed by atoms with Gasteiger partial charge >= 0.3 is 5.97 Å². The molecule has 2 fully saturated rings. The second-order valence-corrected chi connectivity index (χ2v) is 6.97. The van der Waals surface area contributed by atoms with E-state index in [1.807, 2.05) is 0 Å². The molecule has 0 aromatic heterocycles. The van der Waals surface area contributed by atoms with Crippen molar-refractivity contribution in [3.8, 4) is 0 Å². The fourth-order valence-corrected chi connectivity index (χ4v) is 3.47. The zero-order valence-electron chi connectivity index (χ0n) is 16.2. The number of likely N-dealkylation sites (tertiary alicyclic amines) is 1. The van der Waals surface area contributed by atoms with E-state index >= 15 is 0 Å². The smallest absolute Gasteiger partial charge is 0.310 e. The van der Waals surface area contributed by atoms with E-state index in [9.17, 15) is 4.79 Å². The summed E-state index contributed by atoms with van der Waals surface area (Å²) in [5.41, 5.74) is 0. The lowest BCUT2D eigenvalue weighted by molar-refractivity contribution is -0.145. The van der Waals surface area contributed by atoms with Crippen molar-refractivity contribution in [3.63, 3.8) is 0 Å². The number of nitrogens with one attached hydrogen (secondary N) is 1. The van der Waals surface area contributed by atoms with Crippen molar-refractivity contribution in [2.45, 2.75) is 26.2 Å². The first-order valence-electron chi connectivity index (χ1n) is 9.34. The minimum absolute atomic E-state index is 0. The molecule has 2 rings (SSSR count). The summed E-state index contributed by atoms with van der Waals surface area (Å²) in [5, 5.41) is 3.37. The summed E-state index contributed by atoms with van der Waals surface area (Å²) in [7, 11) is 3.23. The van der Waals surface area contributed by atoms with Crippen LogP contribution in [0.4, 0.5) is 0 Å². The van der Waals surface area contributed by atoms with Crippen LogP contribution in [0.2, 0.25) is 0 Å². The summed E-state index contributed by atoms with van der Waals surface area (Å²) < 4.78 is 16.0. The lowest BCUT2D eigenvalue weighted by atomic mass is 9.99. The average Bonchev–Trinajstić information content (AvgIpc) is 3.03. The molecule has 152 valence electrons.